The van der Waals surface area contributed by atoms with Crippen molar-refractivity contribution in [3.05, 3.63) is 129 Å². The van der Waals surface area contributed by atoms with Gasteiger partial charge in [0.25, 0.3) is 0 Å². The molecule has 0 saturated heterocycles. The second kappa shape index (κ2) is 14.7. The zero-order valence-electron chi connectivity index (χ0n) is 31.2. The van der Waals surface area contributed by atoms with E-state index < -0.39 is 26.6 Å². The van der Waals surface area contributed by atoms with Crippen LogP contribution in [0.4, 0.5) is 0 Å². The van der Waals surface area contributed by atoms with Crippen LogP contribution in [0.15, 0.2) is 96.1 Å². The quantitative estimate of drug-likeness (QED) is 0.132. The van der Waals surface area contributed by atoms with Crippen LogP contribution in [-0.4, -0.2) is 5.98 Å². The van der Waals surface area contributed by atoms with E-state index in [9.17, 15) is 0 Å². The maximum atomic E-state index is 2.72. The Morgan fingerprint density at radius 1 is 0.500 bits per heavy atom. The molecule has 0 heterocycles. The Kier molecular flexibility index (Phi) is 10.8. The molecule has 2 atom stereocenters. The van der Waals surface area contributed by atoms with Gasteiger partial charge in [0, 0.05) is 0 Å². The summed E-state index contributed by atoms with van der Waals surface area (Å²) in [7, 11) is 0. The molecule has 4 aromatic rings. The summed E-state index contributed by atoms with van der Waals surface area (Å²) in [4.78, 5) is 0. The van der Waals surface area contributed by atoms with Crippen molar-refractivity contribution in [2.75, 3.05) is 0 Å². The Morgan fingerprint density at radius 2 is 0.875 bits per heavy atom. The van der Waals surface area contributed by atoms with Gasteiger partial charge in [0.1, 0.15) is 0 Å². The number of rotatable bonds is 11. The third-order valence-corrected chi connectivity index (χ3v) is 41.3. The summed E-state index contributed by atoms with van der Waals surface area (Å²) in [6.07, 6.45) is 7.60. The summed E-state index contributed by atoms with van der Waals surface area (Å²) in [5.74, 6) is 1.40. The average Bonchev–Trinajstić information content (AvgIpc) is 3.61. The zero-order valence-corrected chi connectivity index (χ0v) is 35.9. The minimum atomic E-state index is -2.48. The van der Waals surface area contributed by atoms with Crippen molar-refractivity contribution in [3.8, 4) is 22.3 Å². The summed E-state index contributed by atoms with van der Waals surface area (Å²) in [6.45, 7) is 24.7. The Bertz CT molecular complexity index is 1700. The van der Waals surface area contributed by atoms with Gasteiger partial charge < -0.3 is 0 Å². The van der Waals surface area contributed by atoms with E-state index in [1.807, 2.05) is 0 Å². The van der Waals surface area contributed by atoms with Crippen molar-refractivity contribution >= 4 is 18.1 Å². The van der Waals surface area contributed by atoms with E-state index in [0.717, 1.165) is 12.8 Å². The molecule has 0 N–H and O–H groups in total. The monoisotopic (exact) mass is 817 g/mol. The van der Waals surface area contributed by atoms with E-state index in [0.29, 0.717) is 31.0 Å². The zero-order chi connectivity index (χ0) is 34.3. The molecule has 4 aromatic carbocycles. The molecule has 2 aliphatic rings. The van der Waals surface area contributed by atoms with Crippen LogP contribution >= 0.6 is 0 Å². The molecule has 6 rings (SSSR count). The van der Waals surface area contributed by atoms with E-state index >= 15 is 0 Å². The second-order valence-corrected chi connectivity index (χ2v) is 44.2. The molecule has 249 valence electrons. The topological polar surface area (TPSA) is 0 Å². The van der Waals surface area contributed by atoms with E-state index in [-0.39, 0.29) is 0 Å². The first kappa shape index (κ1) is 35.3. The Morgan fingerprint density at radius 3 is 1.23 bits per heavy atom. The predicted molar refractivity (Wildman–Crippen MR) is 211 cm³/mol. The molecule has 0 aliphatic heterocycles. The fraction of sp³-hybridized carbons (Fsp3) is 0.391. The molecule has 0 spiro atoms. The Hall–Kier alpha value is -2.55. The van der Waals surface area contributed by atoms with E-state index in [2.05, 4.69) is 166 Å². The first-order valence-electron chi connectivity index (χ1n) is 18.7. The molecule has 0 radical (unpaired) electrons. The third kappa shape index (κ3) is 6.78. The van der Waals surface area contributed by atoms with Crippen molar-refractivity contribution in [1.29, 1.82) is 0 Å². The number of fused-ring (bicyclic) bond motifs is 2. The fourth-order valence-corrected chi connectivity index (χ4v) is 41.8. The van der Waals surface area contributed by atoms with Crippen LogP contribution in [0, 0.1) is 23.7 Å². The normalized spacial score (nSPS) is 17.1. The maximum absolute atomic E-state index is 2.72. The molecule has 0 fully saturated rings. The van der Waals surface area contributed by atoms with Crippen LogP contribution in [0.25, 0.3) is 34.4 Å². The molecule has 0 bridgehead atoms. The number of benzene rings is 4. The SMILES string of the molecule is CC(C)Cc1ccccc1-c1cccc2c1C=C(C(C)C)[CH]2[Hf]([CH]1C(C(C)C)=Cc2c(-c3ccccc3CC(C)C)cccc21)[SiH](C)C. The van der Waals surface area contributed by atoms with Gasteiger partial charge in [-0.15, -0.1) is 0 Å². The van der Waals surface area contributed by atoms with Crippen molar-refractivity contribution in [2.24, 2.45) is 23.7 Å². The van der Waals surface area contributed by atoms with Crippen LogP contribution in [0.5, 0.6) is 0 Å². The van der Waals surface area contributed by atoms with Gasteiger partial charge in [-0.1, -0.05) is 0 Å². The average molecular weight is 817 g/mol. The molecule has 2 aliphatic carbocycles. The molecule has 2 unspecified atom stereocenters. The summed E-state index contributed by atoms with van der Waals surface area (Å²) < 4.78 is 1.31. The van der Waals surface area contributed by atoms with E-state index in [1.54, 1.807) is 22.3 Å². The molecule has 0 nitrogen and oxygen atoms in total. The second-order valence-electron chi connectivity index (χ2n) is 16.2. The first-order chi connectivity index (χ1) is 23.0. The van der Waals surface area contributed by atoms with Gasteiger partial charge in [0.15, 0.2) is 0 Å². The molecule has 48 heavy (non-hydrogen) atoms. The summed E-state index contributed by atoms with van der Waals surface area (Å²) in [6, 6.07) is 33.1. The Balaban J connectivity index is 1.52. The molecule has 0 amide bonds. The van der Waals surface area contributed by atoms with Gasteiger partial charge >= 0.3 is 303 Å². The standard InChI is InChI=1S/2C22H25.C2H7Si.Hf/c2*1-15(2)12-17-8-5-6-10-20(17)21-11-7-9-18-13-19(16(3)4)14-22(18)21;1-3-2;/h2*5-11,13-16H,12H2,1-4H3;3H,1-2H3;. The van der Waals surface area contributed by atoms with Crippen LogP contribution in [0.1, 0.15) is 96.1 Å². The van der Waals surface area contributed by atoms with Gasteiger partial charge in [0.05, 0.1) is 0 Å². The van der Waals surface area contributed by atoms with Crippen LogP contribution in [0.2, 0.25) is 13.1 Å². The molecule has 0 saturated carbocycles. The number of hydrogen-bond donors (Lipinski definition) is 0. The number of allylic oxidation sites excluding steroid dienone is 2. The van der Waals surface area contributed by atoms with Crippen molar-refractivity contribution < 1.29 is 20.6 Å². The summed E-state index contributed by atoms with van der Waals surface area (Å²) >= 11 is -2.48. The van der Waals surface area contributed by atoms with Crippen molar-refractivity contribution in [3.63, 3.8) is 0 Å². The molecule has 0 aromatic heterocycles. The van der Waals surface area contributed by atoms with Gasteiger partial charge in [-0.3, -0.25) is 0 Å². The van der Waals surface area contributed by atoms with E-state index in [4.69, 9.17) is 0 Å². The van der Waals surface area contributed by atoms with Gasteiger partial charge in [-0.05, 0) is 0 Å². The van der Waals surface area contributed by atoms with Gasteiger partial charge in [-0.2, -0.15) is 0 Å². The van der Waals surface area contributed by atoms with Crippen LogP contribution < -0.4 is 0 Å². The molecular formula is C46H57HfSi. The predicted octanol–water partition coefficient (Wildman–Crippen LogP) is 12.9. The van der Waals surface area contributed by atoms with E-state index in [1.165, 1.54) is 44.5 Å². The fourth-order valence-electron chi connectivity index (χ4n) is 8.70. The molecular weight excluding hydrogens is 759 g/mol. The van der Waals surface area contributed by atoms with Crippen molar-refractivity contribution in [2.45, 2.75) is 88.7 Å². The van der Waals surface area contributed by atoms with Crippen molar-refractivity contribution in [1.82, 2.24) is 0 Å². The minimum absolute atomic E-state index is 0.551. The van der Waals surface area contributed by atoms with Crippen LogP contribution in [0.3, 0.4) is 0 Å². The summed E-state index contributed by atoms with van der Waals surface area (Å²) in [5, 5.41) is 0. The van der Waals surface area contributed by atoms with Gasteiger partial charge in [-0.25, -0.2) is 0 Å². The first-order valence-corrected chi connectivity index (χ1v) is 32.0. The summed E-state index contributed by atoms with van der Waals surface area (Å²) in [5.41, 5.74) is 18.6. The third-order valence-electron chi connectivity index (χ3n) is 10.7. The Labute approximate surface area is 300 Å². The number of hydrogen-bond acceptors (Lipinski definition) is 0. The van der Waals surface area contributed by atoms with Gasteiger partial charge in [0.2, 0.25) is 0 Å². The van der Waals surface area contributed by atoms with Crippen LogP contribution in [-0.2, 0) is 33.4 Å². The molecule has 2 heteroatoms.